The molecule has 2 aliphatic rings. The number of amides is 4. The Morgan fingerprint density at radius 2 is 1.82 bits per heavy atom. The van der Waals surface area contributed by atoms with Crippen LogP contribution in [0.4, 0.5) is 4.79 Å². The lowest BCUT2D eigenvalue weighted by Crippen LogP contribution is -2.49. The number of likely N-dealkylation sites (N-methyl/N-ethyl adjacent to an activating group) is 1. The maximum Gasteiger partial charge on any atom is 0.326 e. The van der Waals surface area contributed by atoms with Crippen LogP contribution in [0.3, 0.4) is 0 Å². The van der Waals surface area contributed by atoms with E-state index in [1.54, 1.807) is 11.9 Å². The fourth-order valence-corrected chi connectivity index (χ4v) is 4.32. The summed E-state index contributed by atoms with van der Waals surface area (Å²) < 4.78 is 11.9. The Kier molecular flexibility index (Phi) is 5.20. The lowest BCUT2D eigenvalue weighted by molar-refractivity contribution is -0.132. The number of carbonyl (C=O) groups is 3. The Morgan fingerprint density at radius 3 is 2.32 bits per heavy atom. The van der Waals surface area contributed by atoms with Crippen molar-refractivity contribution in [2.75, 3.05) is 33.2 Å². The Balaban J connectivity index is 1.80. The molecule has 0 aromatic heterocycles. The third-order valence-electron chi connectivity index (χ3n) is 4.10. The summed E-state index contributed by atoms with van der Waals surface area (Å²) in [5.74, 6) is -0.210. The van der Waals surface area contributed by atoms with Crippen molar-refractivity contribution in [2.24, 2.45) is 0 Å². The van der Waals surface area contributed by atoms with Crippen LogP contribution in [0.15, 0.2) is 0 Å². The van der Waals surface area contributed by atoms with Gasteiger partial charge < -0.3 is 9.80 Å². The minimum atomic E-state index is -0.885. The van der Waals surface area contributed by atoms with Crippen LogP contribution in [0.25, 0.3) is 0 Å². The normalized spacial score (nSPS) is 29.4. The van der Waals surface area contributed by atoms with Gasteiger partial charge in [0.1, 0.15) is 6.54 Å². The monoisotopic (exact) mass is 329 g/mol. The van der Waals surface area contributed by atoms with Gasteiger partial charge in [-0.15, -0.1) is 0 Å². The number of carbonyl (C=O) groups excluding carboxylic acids is 3. The zero-order valence-electron chi connectivity index (χ0n) is 13.3. The molecule has 0 radical (unpaired) electrons. The lowest BCUT2D eigenvalue weighted by atomic mass is 10.2. The van der Waals surface area contributed by atoms with E-state index in [0.717, 1.165) is 0 Å². The fraction of sp³-hybridized carbons (Fsp3) is 0.786. The maximum absolute atomic E-state index is 12.2. The third-order valence-corrected chi connectivity index (χ3v) is 5.99. The molecule has 2 rings (SSSR count). The van der Waals surface area contributed by atoms with E-state index in [1.165, 1.54) is 9.80 Å². The summed E-state index contributed by atoms with van der Waals surface area (Å²) in [4.78, 5) is 39.9. The van der Waals surface area contributed by atoms with E-state index in [0.29, 0.717) is 25.9 Å². The van der Waals surface area contributed by atoms with Gasteiger partial charge in [0.2, 0.25) is 11.8 Å². The molecule has 2 unspecified atom stereocenters. The van der Waals surface area contributed by atoms with Crippen LogP contribution in [0.2, 0.25) is 0 Å². The number of nitrogens with zero attached hydrogens (tertiary/aromatic N) is 3. The van der Waals surface area contributed by atoms with Crippen molar-refractivity contribution in [3.63, 3.8) is 0 Å². The highest BCUT2D eigenvalue weighted by Crippen LogP contribution is 2.16. The molecule has 8 heteroatoms. The topological polar surface area (TPSA) is 78.0 Å². The number of imide groups is 1. The Bertz CT molecular complexity index is 496. The van der Waals surface area contributed by atoms with Gasteiger partial charge in [-0.1, -0.05) is 0 Å². The van der Waals surface area contributed by atoms with E-state index in [-0.39, 0.29) is 41.4 Å². The van der Waals surface area contributed by atoms with Crippen LogP contribution in [0.1, 0.15) is 26.7 Å². The number of rotatable bonds is 4. The van der Waals surface area contributed by atoms with Crippen LogP contribution < -0.4 is 0 Å². The molecular formula is C14H23N3O4S. The number of hydrogen-bond donors (Lipinski definition) is 0. The summed E-state index contributed by atoms with van der Waals surface area (Å²) in [7, 11) is 0.700. The van der Waals surface area contributed by atoms with Gasteiger partial charge in [0, 0.05) is 54.4 Å². The first-order valence-corrected chi connectivity index (χ1v) is 8.81. The molecule has 22 heavy (non-hydrogen) atoms. The average molecular weight is 329 g/mol. The molecule has 2 aliphatic heterocycles. The smallest absolute Gasteiger partial charge is 0.326 e. The zero-order chi connectivity index (χ0) is 16.4. The van der Waals surface area contributed by atoms with Crippen molar-refractivity contribution < 1.29 is 18.6 Å². The summed E-state index contributed by atoms with van der Waals surface area (Å²) in [6.45, 7) is 5.20. The van der Waals surface area contributed by atoms with E-state index in [2.05, 4.69) is 0 Å². The molecule has 0 aromatic rings. The van der Waals surface area contributed by atoms with Crippen LogP contribution in [0.5, 0.6) is 0 Å². The molecule has 0 saturated carbocycles. The van der Waals surface area contributed by atoms with Crippen molar-refractivity contribution >= 4 is 28.6 Å². The molecular weight excluding hydrogens is 306 g/mol. The van der Waals surface area contributed by atoms with Crippen molar-refractivity contribution in [3.05, 3.63) is 0 Å². The predicted octanol–water partition coefficient (Wildman–Crippen LogP) is 0.0285. The van der Waals surface area contributed by atoms with E-state index < -0.39 is 10.8 Å². The molecule has 0 bridgehead atoms. The molecule has 4 amide bonds. The van der Waals surface area contributed by atoms with Crippen LogP contribution in [-0.2, 0) is 20.4 Å². The fourth-order valence-electron chi connectivity index (χ4n) is 2.88. The lowest BCUT2D eigenvalue weighted by Gasteiger charge is -2.34. The third kappa shape index (κ3) is 3.48. The van der Waals surface area contributed by atoms with Gasteiger partial charge in [0.15, 0.2) is 0 Å². The highest BCUT2D eigenvalue weighted by atomic mass is 32.2. The zero-order valence-corrected chi connectivity index (χ0v) is 14.1. The first kappa shape index (κ1) is 16.9. The largest absolute Gasteiger partial charge is 0.340 e. The van der Waals surface area contributed by atoms with Gasteiger partial charge in [-0.05, 0) is 20.3 Å². The molecule has 0 aliphatic carbocycles. The van der Waals surface area contributed by atoms with E-state index >= 15 is 0 Å². The summed E-state index contributed by atoms with van der Waals surface area (Å²) in [6, 6.07) is -0.298. The van der Waals surface area contributed by atoms with Gasteiger partial charge in [-0.2, -0.15) is 0 Å². The van der Waals surface area contributed by atoms with Crippen LogP contribution in [0, 0.1) is 0 Å². The van der Waals surface area contributed by atoms with E-state index in [4.69, 9.17) is 0 Å². The minimum Gasteiger partial charge on any atom is -0.340 e. The van der Waals surface area contributed by atoms with Crippen molar-refractivity contribution in [3.8, 4) is 0 Å². The molecule has 0 N–H and O–H groups in total. The van der Waals surface area contributed by atoms with Gasteiger partial charge in [-0.3, -0.25) is 18.7 Å². The molecule has 2 atom stereocenters. The molecule has 124 valence electrons. The average Bonchev–Trinajstić information content (AvgIpc) is 2.70. The molecule has 2 fully saturated rings. The second-order valence-corrected chi connectivity index (χ2v) is 8.30. The molecule has 2 heterocycles. The predicted molar refractivity (Wildman–Crippen MR) is 82.6 cm³/mol. The Hall–Kier alpha value is -1.44. The van der Waals surface area contributed by atoms with Gasteiger partial charge >= 0.3 is 6.03 Å². The summed E-state index contributed by atoms with van der Waals surface area (Å²) in [5.41, 5.74) is 0. The van der Waals surface area contributed by atoms with Gasteiger partial charge in [0.05, 0.1) is 0 Å². The SMILES string of the molecule is CC1CN(C(=O)CCCN2C(=O)CN(C)C2=O)CC(C)S1=O. The Morgan fingerprint density at radius 1 is 1.23 bits per heavy atom. The van der Waals surface area contributed by atoms with Crippen LogP contribution >= 0.6 is 0 Å². The summed E-state index contributed by atoms with van der Waals surface area (Å²) >= 11 is 0. The summed E-state index contributed by atoms with van der Waals surface area (Å²) in [5, 5.41) is -0.0221. The highest BCUT2D eigenvalue weighted by molar-refractivity contribution is 7.86. The molecule has 2 saturated heterocycles. The van der Waals surface area contributed by atoms with Gasteiger partial charge in [-0.25, -0.2) is 4.79 Å². The van der Waals surface area contributed by atoms with E-state index in [9.17, 15) is 18.6 Å². The van der Waals surface area contributed by atoms with Crippen molar-refractivity contribution in [1.29, 1.82) is 0 Å². The second kappa shape index (κ2) is 6.76. The first-order valence-electron chi connectivity index (χ1n) is 7.54. The van der Waals surface area contributed by atoms with Crippen molar-refractivity contribution in [2.45, 2.75) is 37.2 Å². The maximum atomic E-state index is 12.2. The quantitative estimate of drug-likeness (QED) is 0.682. The molecule has 0 spiro atoms. The molecule has 7 nitrogen and oxygen atoms in total. The highest BCUT2D eigenvalue weighted by Gasteiger charge is 2.34. The second-order valence-electron chi connectivity index (χ2n) is 6.04. The van der Waals surface area contributed by atoms with Crippen LogP contribution in [-0.4, -0.2) is 80.5 Å². The Labute approximate surface area is 133 Å². The standard InChI is InChI=1S/C14H23N3O4S/c1-10-7-16(8-11(2)22(10)21)12(18)5-4-6-17-13(19)9-15(3)14(17)20/h10-11H,4-9H2,1-3H3. The van der Waals surface area contributed by atoms with Gasteiger partial charge in [0.25, 0.3) is 0 Å². The number of urea groups is 1. The van der Waals surface area contributed by atoms with E-state index in [1.807, 2.05) is 13.8 Å². The molecule has 0 aromatic carbocycles. The minimum absolute atomic E-state index is 0.00264. The first-order chi connectivity index (χ1) is 10.3. The summed E-state index contributed by atoms with van der Waals surface area (Å²) in [6.07, 6.45) is 0.763. The number of hydrogen-bond acceptors (Lipinski definition) is 4. The van der Waals surface area contributed by atoms with Crippen molar-refractivity contribution in [1.82, 2.24) is 14.7 Å².